The van der Waals surface area contributed by atoms with E-state index < -0.39 is 6.04 Å². The summed E-state index contributed by atoms with van der Waals surface area (Å²) >= 11 is 0. The zero-order valence-corrected chi connectivity index (χ0v) is 9.19. The first-order valence-corrected chi connectivity index (χ1v) is 5.15. The van der Waals surface area contributed by atoms with Crippen molar-refractivity contribution >= 4 is 5.91 Å². The third kappa shape index (κ3) is 4.16. The molecule has 3 N–H and O–H groups in total. The van der Waals surface area contributed by atoms with E-state index in [1.165, 1.54) is 0 Å². The molecule has 15 heavy (non-hydrogen) atoms. The summed E-state index contributed by atoms with van der Waals surface area (Å²) in [6.45, 7) is 4.48. The lowest BCUT2D eigenvalue weighted by molar-refractivity contribution is -0.122. The van der Waals surface area contributed by atoms with E-state index in [0.717, 1.165) is 5.76 Å². The molecule has 0 saturated heterocycles. The van der Waals surface area contributed by atoms with Gasteiger partial charge >= 0.3 is 0 Å². The third-order valence-corrected chi connectivity index (χ3v) is 2.08. The molecule has 0 saturated carbocycles. The molecule has 4 nitrogen and oxygen atoms in total. The predicted octanol–water partition coefficient (Wildman–Crippen LogP) is 1.27. The van der Waals surface area contributed by atoms with E-state index in [4.69, 9.17) is 10.2 Å². The van der Waals surface area contributed by atoms with Crippen molar-refractivity contribution in [2.45, 2.75) is 32.9 Å². The summed E-state index contributed by atoms with van der Waals surface area (Å²) in [5.41, 5.74) is 5.71. The van der Waals surface area contributed by atoms with Crippen LogP contribution in [0.15, 0.2) is 22.8 Å². The number of carbonyl (C=O) groups excluding carboxylic acids is 1. The molecule has 0 aliphatic carbocycles. The van der Waals surface area contributed by atoms with E-state index in [9.17, 15) is 4.79 Å². The van der Waals surface area contributed by atoms with Crippen LogP contribution in [-0.2, 0) is 11.3 Å². The summed E-state index contributed by atoms with van der Waals surface area (Å²) in [6, 6.07) is 3.17. The van der Waals surface area contributed by atoms with Gasteiger partial charge in [-0.25, -0.2) is 0 Å². The molecular weight excluding hydrogens is 192 g/mol. The van der Waals surface area contributed by atoms with Gasteiger partial charge in [0.05, 0.1) is 18.8 Å². The van der Waals surface area contributed by atoms with E-state index in [1.807, 2.05) is 19.9 Å². The van der Waals surface area contributed by atoms with Crippen LogP contribution in [0.2, 0.25) is 0 Å². The molecule has 0 aliphatic rings. The second-order valence-electron chi connectivity index (χ2n) is 4.03. The number of hydrogen-bond acceptors (Lipinski definition) is 3. The number of furan rings is 1. The average Bonchev–Trinajstić information content (AvgIpc) is 2.65. The number of hydrogen-bond donors (Lipinski definition) is 2. The smallest absolute Gasteiger partial charge is 0.237 e. The molecule has 1 rings (SSSR count). The maximum Gasteiger partial charge on any atom is 0.237 e. The predicted molar refractivity (Wildman–Crippen MR) is 58.0 cm³/mol. The summed E-state index contributed by atoms with van der Waals surface area (Å²) < 4.78 is 5.09. The Morgan fingerprint density at radius 1 is 1.60 bits per heavy atom. The van der Waals surface area contributed by atoms with Crippen molar-refractivity contribution < 1.29 is 9.21 Å². The Balaban J connectivity index is 2.29. The molecular formula is C11H18N2O2. The van der Waals surface area contributed by atoms with Crippen LogP contribution in [-0.4, -0.2) is 11.9 Å². The standard InChI is InChI=1S/C11H18N2O2/c1-8(2)6-10(12)11(14)13-7-9-4-3-5-15-9/h3-5,8,10H,6-7,12H2,1-2H3,(H,13,14)/t10-/m1/s1. The van der Waals surface area contributed by atoms with Gasteiger partial charge in [0.15, 0.2) is 0 Å². The zero-order chi connectivity index (χ0) is 11.3. The number of amides is 1. The monoisotopic (exact) mass is 210 g/mol. The first-order valence-electron chi connectivity index (χ1n) is 5.15. The normalized spacial score (nSPS) is 12.8. The van der Waals surface area contributed by atoms with Gasteiger partial charge in [0.25, 0.3) is 0 Å². The third-order valence-electron chi connectivity index (χ3n) is 2.08. The van der Waals surface area contributed by atoms with E-state index in [0.29, 0.717) is 18.9 Å². The first kappa shape index (κ1) is 11.8. The van der Waals surface area contributed by atoms with Crippen LogP contribution in [0.5, 0.6) is 0 Å². The van der Waals surface area contributed by atoms with Gasteiger partial charge in [-0.3, -0.25) is 4.79 Å². The Labute approximate surface area is 89.8 Å². The molecule has 1 amide bonds. The lowest BCUT2D eigenvalue weighted by Crippen LogP contribution is -2.40. The van der Waals surface area contributed by atoms with E-state index >= 15 is 0 Å². The summed E-state index contributed by atoms with van der Waals surface area (Å²) in [7, 11) is 0. The van der Waals surface area contributed by atoms with Gasteiger partial charge in [0, 0.05) is 0 Å². The number of nitrogens with one attached hydrogen (secondary N) is 1. The highest BCUT2D eigenvalue weighted by Crippen LogP contribution is 2.03. The molecule has 0 fully saturated rings. The molecule has 84 valence electrons. The van der Waals surface area contributed by atoms with Crippen LogP contribution >= 0.6 is 0 Å². The van der Waals surface area contributed by atoms with E-state index in [-0.39, 0.29) is 5.91 Å². The van der Waals surface area contributed by atoms with E-state index in [1.54, 1.807) is 12.3 Å². The Morgan fingerprint density at radius 2 is 2.33 bits per heavy atom. The van der Waals surface area contributed by atoms with Gasteiger partial charge in [-0.15, -0.1) is 0 Å². The van der Waals surface area contributed by atoms with Crippen LogP contribution < -0.4 is 11.1 Å². The lowest BCUT2D eigenvalue weighted by Gasteiger charge is -2.13. The van der Waals surface area contributed by atoms with Crippen molar-refractivity contribution in [3.8, 4) is 0 Å². The molecule has 1 heterocycles. The largest absolute Gasteiger partial charge is 0.467 e. The molecule has 1 aromatic heterocycles. The lowest BCUT2D eigenvalue weighted by atomic mass is 10.0. The molecule has 1 aromatic rings. The number of carbonyl (C=O) groups is 1. The van der Waals surface area contributed by atoms with Crippen molar-refractivity contribution in [2.24, 2.45) is 11.7 Å². The number of nitrogens with two attached hydrogens (primary N) is 1. The molecule has 0 spiro atoms. The maximum atomic E-state index is 11.5. The molecule has 1 atom stereocenters. The van der Waals surface area contributed by atoms with Crippen LogP contribution in [0.1, 0.15) is 26.0 Å². The minimum atomic E-state index is -0.431. The fraction of sp³-hybridized carbons (Fsp3) is 0.545. The van der Waals surface area contributed by atoms with Crippen LogP contribution in [0.4, 0.5) is 0 Å². The van der Waals surface area contributed by atoms with Crippen LogP contribution in [0, 0.1) is 5.92 Å². The Hall–Kier alpha value is -1.29. The highest BCUT2D eigenvalue weighted by molar-refractivity contribution is 5.81. The maximum absolute atomic E-state index is 11.5. The fourth-order valence-corrected chi connectivity index (χ4v) is 1.33. The first-order chi connectivity index (χ1) is 7.09. The fourth-order valence-electron chi connectivity index (χ4n) is 1.33. The van der Waals surface area contributed by atoms with Gasteiger partial charge < -0.3 is 15.5 Å². The minimum absolute atomic E-state index is 0.125. The zero-order valence-electron chi connectivity index (χ0n) is 9.19. The minimum Gasteiger partial charge on any atom is -0.467 e. The van der Waals surface area contributed by atoms with Crippen molar-refractivity contribution in [1.29, 1.82) is 0 Å². The molecule has 0 bridgehead atoms. The molecule has 0 aliphatic heterocycles. The highest BCUT2D eigenvalue weighted by atomic mass is 16.3. The van der Waals surface area contributed by atoms with Crippen molar-refractivity contribution in [3.63, 3.8) is 0 Å². The molecule has 0 unspecified atom stereocenters. The summed E-state index contributed by atoms with van der Waals surface area (Å²) in [6.07, 6.45) is 2.28. The Bertz CT molecular complexity index is 294. The second kappa shape index (κ2) is 5.56. The van der Waals surface area contributed by atoms with Crippen molar-refractivity contribution in [3.05, 3.63) is 24.2 Å². The van der Waals surface area contributed by atoms with Crippen LogP contribution in [0.3, 0.4) is 0 Å². The Kier molecular flexibility index (Phi) is 4.37. The summed E-state index contributed by atoms with van der Waals surface area (Å²) in [5.74, 6) is 1.04. The van der Waals surface area contributed by atoms with Gasteiger partial charge in [0.2, 0.25) is 5.91 Å². The van der Waals surface area contributed by atoms with Crippen molar-refractivity contribution in [2.75, 3.05) is 0 Å². The number of rotatable bonds is 5. The SMILES string of the molecule is CC(C)C[C@@H](N)C(=O)NCc1ccco1. The highest BCUT2D eigenvalue weighted by Gasteiger charge is 2.14. The molecule has 0 aromatic carbocycles. The molecule has 0 radical (unpaired) electrons. The van der Waals surface area contributed by atoms with Crippen LogP contribution in [0.25, 0.3) is 0 Å². The van der Waals surface area contributed by atoms with Gasteiger partial charge in [-0.1, -0.05) is 13.8 Å². The van der Waals surface area contributed by atoms with E-state index in [2.05, 4.69) is 5.32 Å². The quantitative estimate of drug-likeness (QED) is 0.769. The Morgan fingerprint density at radius 3 is 2.87 bits per heavy atom. The van der Waals surface area contributed by atoms with Gasteiger partial charge in [-0.05, 0) is 24.5 Å². The van der Waals surface area contributed by atoms with Crippen molar-refractivity contribution in [1.82, 2.24) is 5.32 Å². The molecule has 4 heteroatoms. The van der Waals surface area contributed by atoms with Gasteiger partial charge in [0.1, 0.15) is 5.76 Å². The second-order valence-corrected chi connectivity index (χ2v) is 4.03. The summed E-state index contributed by atoms with van der Waals surface area (Å²) in [4.78, 5) is 11.5. The average molecular weight is 210 g/mol. The summed E-state index contributed by atoms with van der Waals surface area (Å²) in [5, 5.41) is 2.73. The topological polar surface area (TPSA) is 68.3 Å². The van der Waals surface area contributed by atoms with Gasteiger partial charge in [-0.2, -0.15) is 0 Å².